The van der Waals surface area contributed by atoms with Crippen LogP contribution in [-0.4, -0.2) is 46.6 Å². The first kappa shape index (κ1) is 17.7. The van der Waals surface area contributed by atoms with Gasteiger partial charge >= 0.3 is 0 Å². The van der Waals surface area contributed by atoms with Gasteiger partial charge in [-0.25, -0.2) is 4.39 Å². The number of aromatic nitrogens is 2. The molecule has 0 amide bonds. The number of rotatable bonds is 3. The number of nitrogens with one attached hydrogen (secondary N) is 1. The van der Waals surface area contributed by atoms with E-state index in [9.17, 15) is 9.50 Å². The molecule has 4 atom stereocenters. The van der Waals surface area contributed by atoms with Gasteiger partial charge in [-0.15, -0.1) is 10.2 Å². The van der Waals surface area contributed by atoms with Crippen molar-refractivity contribution in [1.29, 1.82) is 5.26 Å². The van der Waals surface area contributed by atoms with Gasteiger partial charge in [-0.1, -0.05) is 6.42 Å². The van der Waals surface area contributed by atoms with Crippen LogP contribution < -0.4 is 10.2 Å². The van der Waals surface area contributed by atoms with Gasteiger partial charge in [-0.2, -0.15) is 5.26 Å². The molecular formula is C20H22FN5O. The Morgan fingerprint density at radius 3 is 2.81 bits per heavy atom. The Balaban J connectivity index is 1.54. The minimum absolute atomic E-state index is 0.0144. The van der Waals surface area contributed by atoms with Gasteiger partial charge in [0.15, 0.2) is 5.82 Å². The molecule has 27 heavy (non-hydrogen) atoms. The number of nitriles is 1. The van der Waals surface area contributed by atoms with E-state index in [-0.39, 0.29) is 17.8 Å². The van der Waals surface area contributed by atoms with E-state index in [1.807, 2.05) is 18.0 Å². The SMILES string of the molecule is CN(c1ccc(-c2ccc(C#N)cc2O)nn1)[C@@H]1C[C@H]2CCC[C@H](N2)[C@@H]1F. The highest BCUT2D eigenvalue weighted by molar-refractivity contribution is 5.68. The van der Waals surface area contributed by atoms with Gasteiger partial charge in [0.25, 0.3) is 0 Å². The monoisotopic (exact) mass is 367 g/mol. The number of nitrogens with zero attached hydrogens (tertiary/aromatic N) is 4. The van der Waals surface area contributed by atoms with E-state index in [4.69, 9.17) is 5.26 Å². The smallest absolute Gasteiger partial charge is 0.151 e. The lowest BCUT2D eigenvalue weighted by Gasteiger charge is -2.46. The van der Waals surface area contributed by atoms with Crippen LogP contribution in [0.15, 0.2) is 30.3 Å². The summed E-state index contributed by atoms with van der Waals surface area (Å²) < 4.78 is 14.9. The van der Waals surface area contributed by atoms with Crippen molar-refractivity contribution in [1.82, 2.24) is 15.5 Å². The first-order chi connectivity index (χ1) is 13.1. The Hall–Kier alpha value is -2.72. The van der Waals surface area contributed by atoms with Gasteiger partial charge in [0.2, 0.25) is 0 Å². The normalized spacial score (nSPS) is 27.0. The lowest BCUT2D eigenvalue weighted by Crippen LogP contribution is -2.61. The van der Waals surface area contributed by atoms with Crippen LogP contribution in [0.1, 0.15) is 31.2 Å². The zero-order chi connectivity index (χ0) is 19.0. The van der Waals surface area contributed by atoms with Crippen LogP contribution in [0.5, 0.6) is 5.75 Å². The maximum atomic E-state index is 14.9. The number of hydrogen-bond acceptors (Lipinski definition) is 6. The molecule has 2 aliphatic heterocycles. The van der Waals surface area contributed by atoms with Crippen LogP contribution in [0.4, 0.5) is 10.2 Å². The Labute approximate surface area is 157 Å². The van der Waals surface area contributed by atoms with Crippen LogP contribution >= 0.6 is 0 Å². The lowest BCUT2D eigenvalue weighted by molar-refractivity contribution is 0.107. The van der Waals surface area contributed by atoms with Crippen LogP contribution in [0.3, 0.4) is 0 Å². The summed E-state index contributed by atoms with van der Waals surface area (Å²) in [6.07, 6.45) is 2.88. The topological polar surface area (TPSA) is 85.1 Å². The number of halogens is 1. The molecule has 0 spiro atoms. The number of anilines is 1. The fourth-order valence-corrected chi connectivity index (χ4v) is 4.20. The summed E-state index contributed by atoms with van der Waals surface area (Å²) in [6.45, 7) is 0. The van der Waals surface area contributed by atoms with E-state index in [1.165, 1.54) is 6.07 Å². The molecule has 2 aromatic rings. The third-order valence-corrected chi connectivity index (χ3v) is 5.71. The first-order valence-corrected chi connectivity index (χ1v) is 9.27. The Kier molecular flexibility index (Phi) is 4.66. The van der Waals surface area contributed by atoms with Crippen LogP contribution in [0, 0.1) is 11.3 Å². The zero-order valence-corrected chi connectivity index (χ0v) is 15.1. The standard InChI is InChI=1S/C20H22FN5O/c1-26(17-10-13-3-2-4-16(23-13)20(17)21)19-8-7-15(24-25-19)14-6-5-12(11-22)9-18(14)27/h5-9,13,16-17,20,23,27H,2-4,10H2,1H3/t13-,16+,17-,20+/m1/s1. The molecule has 4 rings (SSSR count). The van der Waals surface area contributed by atoms with Gasteiger partial charge in [-0.3, -0.25) is 0 Å². The zero-order valence-electron chi connectivity index (χ0n) is 15.1. The second kappa shape index (κ2) is 7.12. The van der Waals surface area contributed by atoms with Gasteiger partial charge < -0.3 is 15.3 Å². The van der Waals surface area contributed by atoms with Gasteiger partial charge in [0.1, 0.15) is 11.9 Å². The molecular weight excluding hydrogens is 345 g/mol. The van der Waals surface area contributed by atoms with E-state index in [2.05, 4.69) is 15.5 Å². The van der Waals surface area contributed by atoms with Crippen LogP contribution in [0.25, 0.3) is 11.3 Å². The van der Waals surface area contributed by atoms with Crippen LogP contribution in [-0.2, 0) is 0 Å². The molecule has 2 fully saturated rings. The first-order valence-electron chi connectivity index (χ1n) is 9.27. The average Bonchev–Trinajstić information content (AvgIpc) is 2.70. The highest BCUT2D eigenvalue weighted by atomic mass is 19.1. The predicted molar refractivity (Wildman–Crippen MR) is 100 cm³/mol. The fourth-order valence-electron chi connectivity index (χ4n) is 4.20. The van der Waals surface area contributed by atoms with E-state index in [1.54, 1.807) is 24.3 Å². The number of phenolic OH excluding ortho intramolecular Hbond substituents is 1. The number of fused-ring (bicyclic) bond motifs is 2. The van der Waals surface area contributed by atoms with E-state index >= 15 is 0 Å². The number of piperidine rings is 2. The maximum Gasteiger partial charge on any atom is 0.151 e. The van der Waals surface area contributed by atoms with Crippen molar-refractivity contribution < 1.29 is 9.50 Å². The third kappa shape index (κ3) is 3.33. The summed E-state index contributed by atoms with van der Waals surface area (Å²) in [7, 11) is 1.86. The molecule has 6 nitrogen and oxygen atoms in total. The highest BCUT2D eigenvalue weighted by Gasteiger charge is 2.41. The van der Waals surface area contributed by atoms with E-state index in [0.29, 0.717) is 28.7 Å². The summed E-state index contributed by atoms with van der Waals surface area (Å²) in [5, 5.41) is 30.9. The minimum Gasteiger partial charge on any atom is -0.507 e. The molecule has 0 aliphatic carbocycles. The molecule has 0 unspecified atom stereocenters. The van der Waals surface area contributed by atoms with Crippen molar-refractivity contribution in [2.75, 3.05) is 11.9 Å². The Morgan fingerprint density at radius 2 is 2.11 bits per heavy atom. The van der Waals surface area contributed by atoms with Crippen molar-refractivity contribution >= 4 is 5.82 Å². The fraction of sp³-hybridized carbons (Fsp3) is 0.450. The molecule has 2 saturated heterocycles. The Bertz CT molecular complexity index is 866. The van der Waals surface area contributed by atoms with Gasteiger partial charge in [0.05, 0.1) is 23.4 Å². The molecule has 7 heteroatoms. The summed E-state index contributed by atoms with van der Waals surface area (Å²) in [5.74, 6) is 0.596. The molecule has 0 radical (unpaired) electrons. The second-order valence-corrected chi connectivity index (χ2v) is 7.38. The molecule has 140 valence electrons. The molecule has 3 heterocycles. The third-order valence-electron chi connectivity index (χ3n) is 5.71. The van der Waals surface area contributed by atoms with Gasteiger partial charge in [0, 0.05) is 24.7 Å². The summed E-state index contributed by atoms with van der Waals surface area (Å²) >= 11 is 0. The van der Waals surface area contributed by atoms with Crippen molar-refractivity contribution in [3.8, 4) is 23.1 Å². The number of phenols is 1. The summed E-state index contributed by atoms with van der Waals surface area (Å²) in [5.41, 5.74) is 1.40. The van der Waals surface area contributed by atoms with Crippen molar-refractivity contribution in [2.24, 2.45) is 0 Å². The predicted octanol–water partition coefficient (Wildman–Crippen LogP) is 2.78. The second-order valence-electron chi connectivity index (χ2n) is 7.38. The van der Waals surface area contributed by atoms with Crippen LogP contribution in [0.2, 0.25) is 0 Å². The van der Waals surface area contributed by atoms with Crippen molar-refractivity contribution in [3.63, 3.8) is 0 Å². The number of benzene rings is 1. The van der Waals surface area contributed by atoms with Crippen molar-refractivity contribution in [3.05, 3.63) is 35.9 Å². The molecule has 2 aliphatic rings. The lowest BCUT2D eigenvalue weighted by atomic mass is 9.82. The average molecular weight is 367 g/mol. The Morgan fingerprint density at radius 1 is 1.26 bits per heavy atom. The summed E-state index contributed by atoms with van der Waals surface area (Å²) in [4.78, 5) is 1.88. The molecule has 1 aromatic carbocycles. The number of hydrogen-bond donors (Lipinski definition) is 2. The molecule has 2 bridgehead atoms. The van der Waals surface area contributed by atoms with E-state index < -0.39 is 6.17 Å². The number of alkyl halides is 1. The summed E-state index contributed by atoms with van der Waals surface area (Å²) in [6, 6.07) is 10.3. The largest absolute Gasteiger partial charge is 0.507 e. The molecule has 1 aromatic heterocycles. The maximum absolute atomic E-state index is 14.9. The van der Waals surface area contributed by atoms with E-state index in [0.717, 1.165) is 25.7 Å². The number of aromatic hydroxyl groups is 1. The molecule has 2 N–H and O–H groups in total. The minimum atomic E-state index is -0.935. The molecule has 0 saturated carbocycles. The quantitative estimate of drug-likeness (QED) is 0.868. The van der Waals surface area contributed by atoms with Gasteiger partial charge in [-0.05, 0) is 49.6 Å². The highest BCUT2D eigenvalue weighted by Crippen LogP contribution is 2.33. The van der Waals surface area contributed by atoms with Crippen molar-refractivity contribution in [2.45, 2.75) is 50.0 Å².